The molecule has 4 rings (SSSR count). The maximum Gasteiger partial charge on any atom is 0.272 e. The van der Waals surface area contributed by atoms with Gasteiger partial charge in [0.15, 0.2) is 0 Å². The smallest absolute Gasteiger partial charge is 0.272 e. The summed E-state index contributed by atoms with van der Waals surface area (Å²) in [5, 5.41) is 3.10. The molecule has 1 aromatic carbocycles. The Labute approximate surface area is 162 Å². The van der Waals surface area contributed by atoms with E-state index < -0.39 is 0 Å². The lowest BCUT2D eigenvalue weighted by atomic mass is 10.2. The highest BCUT2D eigenvalue weighted by Crippen LogP contribution is 2.19. The zero-order valence-electron chi connectivity index (χ0n) is 15.3. The quantitative estimate of drug-likeness (QED) is 0.756. The second-order valence-electron chi connectivity index (χ2n) is 6.53. The molecular weight excluding hydrogens is 357 g/mol. The van der Waals surface area contributed by atoms with Crippen LogP contribution in [0.4, 0.5) is 21.6 Å². The van der Waals surface area contributed by atoms with Crippen LogP contribution in [0.5, 0.6) is 0 Å². The minimum atomic E-state index is -0.318. The van der Waals surface area contributed by atoms with Gasteiger partial charge in [0.1, 0.15) is 17.3 Å². The molecule has 0 spiro atoms. The maximum atomic E-state index is 13.4. The van der Waals surface area contributed by atoms with E-state index in [4.69, 9.17) is 0 Å². The summed E-state index contributed by atoms with van der Waals surface area (Å²) in [5.74, 6) is 0.499. The van der Waals surface area contributed by atoms with Gasteiger partial charge in [-0.1, -0.05) is 12.1 Å². The highest BCUT2D eigenvalue weighted by molar-refractivity contribution is 5.93. The van der Waals surface area contributed by atoms with Gasteiger partial charge in [-0.3, -0.25) is 9.78 Å². The molecule has 0 bridgehead atoms. The molecule has 0 unspecified atom stereocenters. The summed E-state index contributed by atoms with van der Waals surface area (Å²) >= 11 is 0. The zero-order valence-corrected chi connectivity index (χ0v) is 15.3. The molecule has 28 heavy (non-hydrogen) atoms. The van der Waals surface area contributed by atoms with Gasteiger partial charge in [0.25, 0.3) is 5.91 Å². The summed E-state index contributed by atoms with van der Waals surface area (Å²) in [6.07, 6.45) is 3.35. The number of anilines is 3. The monoisotopic (exact) mass is 377 g/mol. The van der Waals surface area contributed by atoms with Crippen LogP contribution in [-0.4, -0.2) is 47.0 Å². The summed E-state index contributed by atoms with van der Waals surface area (Å²) in [4.78, 5) is 25.4. The Hall–Kier alpha value is -3.48. The number of piperazine rings is 1. The van der Waals surface area contributed by atoms with E-state index in [0.717, 1.165) is 18.9 Å². The van der Waals surface area contributed by atoms with Gasteiger partial charge in [-0.25, -0.2) is 9.37 Å². The Morgan fingerprint density at radius 2 is 1.71 bits per heavy atom. The van der Waals surface area contributed by atoms with Crippen molar-refractivity contribution in [2.24, 2.45) is 0 Å². The van der Waals surface area contributed by atoms with Crippen molar-refractivity contribution in [3.8, 4) is 0 Å². The Bertz CT molecular complexity index is 958. The van der Waals surface area contributed by atoms with Crippen LogP contribution in [0.1, 0.15) is 10.5 Å². The first-order valence-electron chi connectivity index (χ1n) is 9.13. The van der Waals surface area contributed by atoms with Crippen LogP contribution >= 0.6 is 0 Å². The summed E-state index contributed by atoms with van der Waals surface area (Å²) in [5.41, 5.74) is 1.68. The minimum absolute atomic E-state index is 0.108. The third-order valence-corrected chi connectivity index (χ3v) is 4.63. The molecule has 0 atom stereocenters. The molecule has 6 nitrogen and oxygen atoms in total. The Morgan fingerprint density at radius 3 is 2.46 bits per heavy atom. The number of nitrogens with zero attached hydrogens (tertiary/aromatic N) is 4. The number of carbonyl (C=O) groups excluding carboxylic acids is 1. The largest absolute Gasteiger partial charge is 0.355 e. The summed E-state index contributed by atoms with van der Waals surface area (Å²) in [6.45, 7) is 2.67. The molecule has 0 saturated carbocycles. The third kappa shape index (κ3) is 4.09. The number of rotatable bonds is 4. The first kappa shape index (κ1) is 17.9. The summed E-state index contributed by atoms with van der Waals surface area (Å²) in [7, 11) is 0. The minimum Gasteiger partial charge on any atom is -0.355 e. The molecule has 1 fully saturated rings. The second-order valence-corrected chi connectivity index (χ2v) is 6.53. The number of nitrogens with one attached hydrogen (secondary N) is 1. The van der Waals surface area contributed by atoms with Crippen molar-refractivity contribution in [1.82, 2.24) is 14.9 Å². The van der Waals surface area contributed by atoms with Gasteiger partial charge < -0.3 is 15.1 Å². The van der Waals surface area contributed by atoms with Crippen molar-refractivity contribution in [2.45, 2.75) is 0 Å². The first-order chi connectivity index (χ1) is 13.7. The molecule has 0 radical (unpaired) electrons. The lowest BCUT2D eigenvalue weighted by Crippen LogP contribution is -2.49. The van der Waals surface area contributed by atoms with Crippen molar-refractivity contribution in [1.29, 1.82) is 0 Å². The van der Waals surface area contributed by atoms with Crippen molar-refractivity contribution < 1.29 is 9.18 Å². The van der Waals surface area contributed by atoms with Gasteiger partial charge in [-0.15, -0.1) is 0 Å². The van der Waals surface area contributed by atoms with Gasteiger partial charge in [0.05, 0.1) is 0 Å². The molecule has 3 heterocycles. The second kappa shape index (κ2) is 8.04. The van der Waals surface area contributed by atoms with Gasteiger partial charge in [0, 0.05) is 49.9 Å². The van der Waals surface area contributed by atoms with E-state index in [2.05, 4.69) is 20.2 Å². The van der Waals surface area contributed by atoms with E-state index in [-0.39, 0.29) is 11.7 Å². The fourth-order valence-electron chi connectivity index (χ4n) is 3.20. The zero-order chi connectivity index (χ0) is 19.3. The maximum absolute atomic E-state index is 13.4. The Kier molecular flexibility index (Phi) is 5.14. The number of carbonyl (C=O) groups is 1. The van der Waals surface area contributed by atoms with Crippen molar-refractivity contribution in [3.63, 3.8) is 0 Å². The van der Waals surface area contributed by atoms with Crippen LogP contribution in [0.2, 0.25) is 0 Å². The van der Waals surface area contributed by atoms with E-state index in [9.17, 15) is 9.18 Å². The van der Waals surface area contributed by atoms with Crippen molar-refractivity contribution in [3.05, 3.63) is 78.5 Å². The first-order valence-corrected chi connectivity index (χ1v) is 9.13. The van der Waals surface area contributed by atoms with Gasteiger partial charge >= 0.3 is 0 Å². The molecule has 142 valence electrons. The van der Waals surface area contributed by atoms with Gasteiger partial charge in [-0.2, -0.15) is 0 Å². The number of halogens is 1. The average Bonchev–Trinajstić information content (AvgIpc) is 2.74. The SMILES string of the molecule is O=C(c1cc(Nc2cccc(F)c2)ccn1)N1CCN(c2ccccn2)CC1. The van der Waals surface area contributed by atoms with Crippen molar-refractivity contribution in [2.75, 3.05) is 36.4 Å². The summed E-state index contributed by atoms with van der Waals surface area (Å²) < 4.78 is 13.4. The van der Waals surface area contributed by atoms with Gasteiger partial charge in [-0.05, 0) is 42.5 Å². The molecule has 7 heteroatoms. The van der Waals surface area contributed by atoms with E-state index in [0.29, 0.717) is 30.2 Å². The molecule has 1 saturated heterocycles. The number of benzene rings is 1. The Balaban J connectivity index is 1.41. The fraction of sp³-hybridized carbons (Fsp3) is 0.190. The molecule has 2 aromatic heterocycles. The highest BCUT2D eigenvalue weighted by atomic mass is 19.1. The highest BCUT2D eigenvalue weighted by Gasteiger charge is 2.23. The standard InChI is InChI=1S/C21H20FN5O/c22-16-4-3-5-17(14-16)25-18-7-9-23-19(15-18)21(28)27-12-10-26(11-13-27)20-6-1-2-8-24-20/h1-9,14-15H,10-13H2,(H,23,25). The van der Waals surface area contributed by atoms with E-state index in [1.807, 2.05) is 18.2 Å². The molecule has 1 N–H and O–H groups in total. The van der Waals surface area contributed by atoms with E-state index in [1.165, 1.54) is 12.1 Å². The van der Waals surface area contributed by atoms with Crippen LogP contribution in [0.15, 0.2) is 67.0 Å². The Morgan fingerprint density at radius 1 is 0.893 bits per heavy atom. The molecular formula is C21H20FN5O. The number of hydrogen-bond acceptors (Lipinski definition) is 5. The molecule has 1 aliphatic heterocycles. The van der Waals surface area contributed by atoms with Crippen LogP contribution in [0.25, 0.3) is 0 Å². The third-order valence-electron chi connectivity index (χ3n) is 4.63. The molecule has 0 aliphatic carbocycles. The predicted octanol–water partition coefficient (Wildman–Crippen LogP) is 3.32. The molecule has 3 aromatic rings. The van der Waals surface area contributed by atoms with E-state index >= 15 is 0 Å². The lowest BCUT2D eigenvalue weighted by molar-refractivity contribution is 0.0740. The lowest BCUT2D eigenvalue weighted by Gasteiger charge is -2.35. The predicted molar refractivity (Wildman–Crippen MR) is 106 cm³/mol. The van der Waals surface area contributed by atoms with Gasteiger partial charge in [0.2, 0.25) is 0 Å². The normalized spacial score (nSPS) is 14.0. The number of aromatic nitrogens is 2. The molecule has 1 aliphatic rings. The summed E-state index contributed by atoms with van der Waals surface area (Å²) in [6, 6.07) is 15.4. The number of pyridine rings is 2. The average molecular weight is 377 g/mol. The number of amides is 1. The van der Waals surface area contributed by atoms with Crippen LogP contribution in [-0.2, 0) is 0 Å². The topological polar surface area (TPSA) is 61.4 Å². The van der Waals surface area contributed by atoms with Crippen LogP contribution < -0.4 is 10.2 Å². The van der Waals surface area contributed by atoms with E-state index in [1.54, 1.807) is 41.6 Å². The van der Waals surface area contributed by atoms with Crippen LogP contribution in [0.3, 0.4) is 0 Å². The van der Waals surface area contributed by atoms with Crippen LogP contribution in [0, 0.1) is 5.82 Å². The van der Waals surface area contributed by atoms with Crippen molar-refractivity contribution >= 4 is 23.1 Å². The fourth-order valence-corrected chi connectivity index (χ4v) is 3.20. The number of hydrogen-bond donors (Lipinski definition) is 1. The molecule has 1 amide bonds.